The number of methoxy groups -OCH3 is 1. The van der Waals surface area contributed by atoms with Gasteiger partial charge in [0.05, 0.1) is 12.8 Å². The molecule has 0 radical (unpaired) electrons. The highest BCUT2D eigenvalue weighted by molar-refractivity contribution is 6.11. The molecule has 0 saturated heterocycles. The largest absolute Gasteiger partial charge is 0.497 e. The van der Waals surface area contributed by atoms with Crippen LogP contribution in [0.3, 0.4) is 0 Å². The number of Topliss-reactive ketones (excluding diaryl/α,β-unsaturated/α-hetero) is 1. The van der Waals surface area contributed by atoms with E-state index < -0.39 is 6.04 Å². The molecular formula is C25H22N4O2. The van der Waals surface area contributed by atoms with Crippen molar-refractivity contribution in [3.8, 4) is 5.75 Å². The fourth-order valence-electron chi connectivity index (χ4n) is 3.90. The Hall–Kier alpha value is -4.06. The summed E-state index contributed by atoms with van der Waals surface area (Å²) in [6.45, 7) is 2.01. The van der Waals surface area contributed by atoms with Crippen LogP contribution in [0, 0.1) is 6.92 Å². The number of carbonyl (C=O) groups excluding carboxylic acids is 1. The summed E-state index contributed by atoms with van der Waals surface area (Å²) in [7, 11) is 1.62. The zero-order valence-electron chi connectivity index (χ0n) is 17.3. The molecule has 5 aromatic rings. The van der Waals surface area contributed by atoms with Crippen LogP contribution in [0.25, 0.3) is 16.6 Å². The van der Waals surface area contributed by atoms with E-state index in [1.54, 1.807) is 13.3 Å². The lowest BCUT2D eigenvalue weighted by molar-refractivity contribution is 0.0970. The number of anilines is 1. The Morgan fingerprint density at radius 2 is 2.00 bits per heavy atom. The zero-order valence-corrected chi connectivity index (χ0v) is 17.3. The number of benzene rings is 2. The molecule has 31 heavy (non-hydrogen) atoms. The molecule has 1 atom stereocenters. The number of carbonyl (C=O) groups is 1. The van der Waals surface area contributed by atoms with Gasteiger partial charge in [0.1, 0.15) is 17.4 Å². The van der Waals surface area contributed by atoms with Crippen molar-refractivity contribution in [2.45, 2.75) is 13.0 Å². The third-order valence-corrected chi connectivity index (χ3v) is 5.49. The number of fused-ring (bicyclic) bond motifs is 2. The van der Waals surface area contributed by atoms with E-state index in [-0.39, 0.29) is 5.78 Å². The second-order valence-electron chi connectivity index (χ2n) is 7.51. The SMILES string of the molecule is COc1cccc(NC(C(=O)c2c[nH]c3ccccc23)c2cn3cccc(C)c3n2)c1. The molecule has 3 aromatic heterocycles. The average molecular weight is 410 g/mol. The molecular weight excluding hydrogens is 388 g/mol. The van der Waals surface area contributed by atoms with Gasteiger partial charge >= 0.3 is 0 Å². The van der Waals surface area contributed by atoms with Gasteiger partial charge in [-0.05, 0) is 36.8 Å². The molecule has 0 fully saturated rings. The summed E-state index contributed by atoms with van der Waals surface area (Å²) in [5.74, 6) is 0.662. The summed E-state index contributed by atoms with van der Waals surface area (Å²) >= 11 is 0. The highest BCUT2D eigenvalue weighted by Crippen LogP contribution is 2.29. The first-order valence-electron chi connectivity index (χ1n) is 10.1. The standard InChI is InChI=1S/C25H22N4O2/c1-16-7-6-12-29-15-22(28-25(16)29)23(27-17-8-5-9-18(13-17)31-2)24(30)20-14-26-21-11-4-3-10-19(20)21/h3-15,23,26-27H,1-2H3. The van der Waals surface area contributed by atoms with Gasteiger partial charge in [0.15, 0.2) is 5.78 Å². The van der Waals surface area contributed by atoms with Crippen LogP contribution in [-0.2, 0) is 0 Å². The summed E-state index contributed by atoms with van der Waals surface area (Å²) in [6.07, 6.45) is 5.62. The van der Waals surface area contributed by atoms with Crippen molar-refractivity contribution in [2.24, 2.45) is 0 Å². The molecule has 0 amide bonds. The second kappa shape index (κ2) is 7.65. The number of hydrogen-bond acceptors (Lipinski definition) is 4. The number of H-pyrrole nitrogens is 1. The van der Waals surface area contributed by atoms with Crippen molar-refractivity contribution in [1.29, 1.82) is 0 Å². The number of aryl methyl sites for hydroxylation is 1. The highest BCUT2D eigenvalue weighted by Gasteiger charge is 2.27. The van der Waals surface area contributed by atoms with Crippen molar-refractivity contribution < 1.29 is 9.53 Å². The fourth-order valence-corrected chi connectivity index (χ4v) is 3.90. The lowest BCUT2D eigenvalue weighted by Gasteiger charge is -2.17. The van der Waals surface area contributed by atoms with Gasteiger partial charge in [-0.1, -0.05) is 30.3 Å². The van der Waals surface area contributed by atoms with Crippen molar-refractivity contribution in [3.63, 3.8) is 0 Å². The van der Waals surface area contributed by atoms with E-state index in [9.17, 15) is 4.79 Å². The number of rotatable bonds is 6. The number of para-hydroxylation sites is 1. The van der Waals surface area contributed by atoms with E-state index in [0.717, 1.165) is 27.8 Å². The van der Waals surface area contributed by atoms with E-state index in [4.69, 9.17) is 9.72 Å². The van der Waals surface area contributed by atoms with Crippen LogP contribution in [-0.4, -0.2) is 27.3 Å². The minimum Gasteiger partial charge on any atom is -0.497 e. The molecule has 0 aliphatic heterocycles. The highest BCUT2D eigenvalue weighted by atomic mass is 16.5. The Morgan fingerprint density at radius 1 is 1.13 bits per heavy atom. The molecule has 0 aliphatic rings. The first kappa shape index (κ1) is 18.9. The van der Waals surface area contributed by atoms with Crippen LogP contribution >= 0.6 is 0 Å². The van der Waals surface area contributed by atoms with Gasteiger partial charge in [-0.2, -0.15) is 0 Å². The topological polar surface area (TPSA) is 71.4 Å². The monoisotopic (exact) mass is 410 g/mol. The Kier molecular flexibility index (Phi) is 4.67. The smallest absolute Gasteiger partial charge is 0.193 e. The minimum atomic E-state index is -0.661. The summed E-state index contributed by atoms with van der Waals surface area (Å²) in [5.41, 5.74) is 4.88. The maximum absolute atomic E-state index is 13.8. The number of imidazole rings is 1. The molecule has 1 unspecified atom stereocenters. The fraction of sp³-hybridized carbons (Fsp3) is 0.120. The number of ether oxygens (including phenoxy) is 1. The van der Waals surface area contributed by atoms with E-state index >= 15 is 0 Å². The Bertz CT molecular complexity index is 1400. The summed E-state index contributed by atoms with van der Waals surface area (Å²) in [6, 6.07) is 18.7. The maximum Gasteiger partial charge on any atom is 0.193 e. The predicted molar refractivity (Wildman–Crippen MR) is 122 cm³/mol. The van der Waals surface area contributed by atoms with Gasteiger partial charge in [0, 0.05) is 46.8 Å². The Labute approximate surface area is 179 Å². The number of nitrogens with zero attached hydrogens (tertiary/aromatic N) is 2. The van der Waals surface area contributed by atoms with Crippen LogP contribution < -0.4 is 10.1 Å². The normalized spacial score (nSPS) is 12.2. The van der Waals surface area contributed by atoms with Gasteiger partial charge in [0.25, 0.3) is 0 Å². The van der Waals surface area contributed by atoms with Gasteiger partial charge in [0.2, 0.25) is 0 Å². The van der Waals surface area contributed by atoms with E-state index in [1.807, 2.05) is 84.4 Å². The molecule has 2 N–H and O–H groups in total. The van der Waals surface area contributed by atoms with Gasteiger partial charge < -0.3 is 19.4 Å². The van der Waals surface area contributed by atoms with Gasteiger partial charge in [-0.15, -0.1) is 0 Å². The number of hydrogen-bond donors (Lipinski definition) is 2. The molecule has 3 heterocycles. The minimum absolute atomic E-state index is 0.0543. The number of aromatic nitrogens is 3. The number of pyridine rings is 1. The molecule has 0 bridgehead atoms. The summed E-state index contributed by atoms with van der Waals surface area (Å²) in [4.78, 5) is 21.8. The molecule has 6 heteroatoms. The first-order valence-corrected chi connectivity index (χ1v) is 10.1. The third-order valence-electron chi connectivity index (χ3n) is 5.49. The van der Waals surface area contributed by atoms with Gasteiger partial charge in [-0.3, -0.25) is 4.79 Å². The molecule has 2 aromatic carbocycles. The van der Waals surface area contributed by atoms with Crippen LogP contribution in [0.4, 0.5) is 5.69 Å². The second-order valence-corrected chi connectivity index (χ2v) is 7.51. The molecule has 0 aliphatic carbocycles. The number of nitrogens with one attached hydrogen (secondary N) is 2. The maximum atomic E-state index is 13.8. The zero-order chi connectivity index (χ0) is 21.4. The number of ketones is 1. The molecule has 5 rings (SSSR count). The third kappa shape index (κ3) is 3.42. The van der Waals surface area contributed by atoms with Crippen LogP contribution in [0.15, 0.2) is 79.3 Å². The summed E-state index contributed by atoms with van der Waals surface area (Å²) in [5, 5.41) is 4.28. The quantitative estimate of drug-likeness (QED) is 0.379. The van der Waals surface area contributed by atoms with Crippen molar-refractivity contribution >= 4 is 28.0 Å². The van der Waals surface area contributed by atoms with Crippen LogP contribution in [0.1, 0.15) is 27.7 Å². The van der Waals surface area contributed by atoms with Crippen LogP contribution in [0.2, 0.25) is 0 Å². The lowest BCUT2D eigenvalue weighted by atomic mass is 10.0. The molecule has 0 saturated carbocycles. The van der Waals surface area contributed by atoms with Crippen molar-refractivity contribution in [3.05, 3.63) is 96.1 Å². The molecule has 0 spiro atoms. The first-order chi connectivity index (χ1) is 15.1. The van der Waals surface area contributed by atoms with E-state index in [0.29, 0.717) is 17.0 Å². The Morgan fingerprint density at radius 3 is 2.84 bits per heavy atom. The summed E-state index contributed by atoms with van der Waals surface area (Å²) < 4.78 is 7.30. The van der Waals surface area contributed by atoms with Crippen molar-refractivity contribution in [1.82, 2.24) is 14.4 Å². The van der Waals surface area contributed by atoms with Crippen LogP contribution in [0.5, 0.6) is 5.75 Å². The average Bonchev–Trinajstić information content (AvgIpc) is 3.42. The van der Waals surface area contributed by atoms with E-state index in [2.05, 4.69) is 10.3 Å². The molecule has 6 nitrogen and oxygen atoms in total. The predicted octanol–water partition coefficient (Wildman–Crippen LogP) is 5.17. The Balaban J connectivity index is 1.62. The van der Waals surface area contributed by atoms with Gasteiger partial charge in [-0.25, -0.2) is 4.98 Å². The van der Waals surface area contributed by atoms with E-state index in [1.165, 1.54) is 0 Å². The number of aromatic amines is 1. The lowest BCUT2D eigenvalue weighted by Crippen LogP contribution is -2.21. The molecule has 154 valence electrons. The van der Waals surface area contributed by atoms with Crippen molar-refractivity contribution in [2.75, 3.05) is 12.4 Å².